The molecule has 0 aromatic rings. The normalized spacial score (nSPS) is 12.7. The highest BCUT2D eigenvalue weighted by molar-refractivity contribution is 8.13. The first-order chi connectivity index (χ1) is 18.9. The van der Waals surface area contributed by atoms with Crippen LogP contribution in [0.15, 0.2) is 0 Å². The Kier molecular flexibility index (Phi) is 29.8. The van der Waals surface area contributed by atoms with Crippen LogP contribution >= 0.6 is 11.8 Å². The van der Waals surface area contributed by atoms with Crippen LogP contribution in [0.5, 0.6) is 0 Å². The maximum atomic E-state index is 12.1. The predicted molar refractivity (Wildman–Crippen MR) is 181 cm³/mol. The summed E-state index contributed by atoms with van der Waals surface area (Å²) in [7, 11) is 0.432. The van der Waals surface area contributed by atoms with Gasteiger partial charge in [-0.15, -0.1) is 0 Å². The summed E-state index contributed by atoms with van der Waals surface area (Å²) in [6.45, 7) is 10.1. The van der Waals surface area contributed by atoms with E-state index in [-0.39, 0.29) is 0 Å². The van der Waals surface area contributed by atoms with E-state index in [0.717, 1.165) is 37.7 Å². The molecule has 0 aliphatic heterocycles. The van der Waals surface area contributed by atoms with E-state index in [4.69, 9.17) is 4.43 Å². The minimum atomic E-state index is -1.65. The average Bonchev–Trinajstić information content (AvgIpc) is 2.92. The first-order valence-electron chi connectivity index (χ1n) is 17.4. The highest BCUT2D eigenvalue weighted by Crippen LogP contribution is 2.20. The number of carbonyl (C=O) groups is 1. The van der Waals surface area contributed by atoms with Crippen LogP contribution in [-0.2, 0) is 9.22 Å². The van der Waals surface area contributed by atoms with E-state index in [0.29, 0.717) is 11.2 Å². The van der Waals surface area contributed by atoms with Crippen LogP contribution in [-0.4, -0.2) is 38.9 Å². The fourth-order valence-electron chi connectivity index (χ4n) is 5.28. The van der Waals surface area contributed by atoms with Crippen LogP contribution in [0.4, 0.5) is 0 Å². The molecule has 0 heterocycles. The van der Waals surface area contributed by atoms with E-state index >= 15 is 0 Å². The number of hydrogen-bond acceptors (Lipinski definition) is 4. The third-order valence-electron chi connectivity index (χ3n) is 8.16. The number of carbonyl (C=O) groups excluding carboxylic acids is 1. The molecule has 0 radical (unpaired) electrons. The predicted octanol–water partition coefficient (Wildman–Crippen LogP) is 11.5. The molecule has 0 rings (SSSR count). The second kappa shape index (κ2) is 29.6. The molecule has 5 heteroatoms. The van der Waals surface area contributed by atoms with Crippen LogP contribution in [0.2, 0.25) is 19.1 Å². The molecule has 0 bridgehead atoms. The highest BCUT2D eigenvalue weighted by Gasteiger charge is 2.23. The molecular formula is C34H71NO2SSi. The summed E-state index contributed by atoms with van der Waals surface area (Å²) in [6, 6.07) is 1.63. The van der Waals surface area contributed by atoms with Crippen molar-refractivity contribution in [3.8, 4) is 0 Å². The minimum Gasteiger partial charge on any atom is -0.416 e. The van der Waals surface area contributed by atoms with Crippen molar-refractivity contribution >= 4 is 25.2 Å². The molecule has 0 fully saturated rings. The molecule has 0 aromatic heterocycles. The van der Waals surface area contributed by atoms with Gasteiger partial charge in [0.05, 0.1) is 0 Å². The van der Waals surface area contributed by atoms with Gasteiger partial charge in [-0.05, 0) is 45.4 Å². The van der Waals surface area contributed by atoms with Gasteiger partial charge in [-0.1, -0.05) is 154 Å². The monoisotopic (exact) mass is 585 g/mol. The van der Waals surface area contributed by atoms with Crippen molar-refractivity contribution in [2.24, 2.45) is 0 Å². The van der Waals surface area contributed by atoms with Gasteiger partial charge >= 0.3 is 0 Å². The Morgan fingerprint density at radius 3 is 1.56 bits per heavy atom. The lowest BCUT2D eigenvalue weighted by molar-refractivity contribution is -0.111. The summed E-state index contributed by atoms with van der Waals surface area (Å²) in [5.74, 6) is 0.961. The summed E-state index contributed by atoms with van der Waals surface area (Å²) in [4.78, 5) is 12.1. The summed E-state index contributed by atoms with van der Waals surface area (Å²) in [5, 5.41) is 3.88. The largest absolute Gasteiger partial charge is 0.416 e. The van der Waals surface area contributed by atoms with Gasteiger partial charge in [-0.2, -0.15) is 0 Å². The first kappa shape index (κ1) is 39.2. The molecule has 1 N–H and O–H groups in total. The van der Waals surface area contributed by atoms with Gasteiger partial charge in [0, 0.05) is 24.8 Å². The second-order valence-electron chi connectivity index (χ2n) is 12.6. The van der Waals surface area contributed by atoms with E-state index in [1.54, 1.807) is 11.8 Å². The van der Waals surface area contributed by atoms with E-state index in [1.807, 2.05) is 0 Å². The van der Waals surface area contributed by atoms with Crippen molar-refractivity contribution in [2.75, 3.05) is 19.4 Å². The van der Waals surface area contributed by atoms with Gasteiger partial charge in [-0.25, -0.2) is 0 Å². The third-order valence-corrected chi connectivity index (χ3v) is 11.7. The summed E-state index contributed by atoms with van der Waals surface area (Å²) in [5.41, 5.74) is 0. The molecule has 0 aliphatic rings. The maximum absolute atomic E-state index is 12.1. The van der Waals surface area contributed by atoms with E-state index in [2.05, 4.69) is 39.3 Å². The molecule has 0 spiro atoms. The lowest BCUT2D eigenvalue weighted by atomic mass is 10.0. The van der Waals surface area contributed by atoms with Crippen molar-refractivity contribution in [1.82, 2.24) is 5.32 Å². The quantitative estimate of drug-likeness (QED) is 0.0648. The smallest absolute Gasteiger partial charge is 0.188 e. The summed E-state index contributed by atoms with van der Waals surface area (Å²) >= 11 is 1.55. The molecule has 0 aliphatic carbocycles. The topological polar surface area (TPSA) is 38.3 Å². The van der Waals surface area contributed by atoms with Gasteiger partial charge in [0.15, 0.2) is 13.4 Å². The molecule has 1 unspecified atom stereocenters. The van der Waals surface area contributed by atoms with Gasteiger partial charge in [-0.3, -0.25) is 4.79 Å². The van der Waals surface area contributed by atoms with Gasteiger partial charge < -0.3 is 9.74 Å². The Bertz CT molecular complexity index is 517. The molecule has 39 heavy (non-hydrogen) atoms. The van der Waals surface area contributed by atoms with Crippen LogP contribution in [0, 0.1) is 0 Å². The first-order valence-corrected chi connectivity index (χ1v) is 21.5. The van der Waals surface area contributed by atoms with Gasteiger partial charge in [0.1, 0.15) is 0 Å². The summed E-state index contributed by atoms with van der Waals surface area (Å²) in [6.07, 6.45) is 32.0. The number of hydrogen-bond donors (Lipinski definition) is 1. The maximum Gasteiger partial charge on any atom is 0.188 e. The molecule has 0 saturated heterocycles. The lowest BCUT2D eigenvalue weighted by Gasteiger charge is -2.26. The van der Waals surface area contributed by atoms with Crippen molar-refractivity contribution in [3.05, 3.63) is 0 Å². The number of nitrogens with one attached hydrogen (secondary N) is 1. The average molecular weight is 586 g/mol. The number of unbranched alkanes of at least 4 members (excludes halogenated alkanes) is 19. The second-order valence-corrected chi connectivity index (χ2v) is 18.1. The van der Waals surface area contributed by atoms with Crippen LogP contribution < -0.4 is 5.32 Å². The molecule has 0 saturated carbocycles. The van der Waals surface area contributed by atoms with E-state index in [1.165, 1.54) is 135 Å². The van der Waals surface area contributed by atoms with Gasteiger partial charge in [0.25, 0.3) is 0 Å². The van der Waals surface area contributed by atoms with Crippen molar-refractivity contribution < 1.29 is 9.22 Å². The molecule has 1 atom stereocenters. The van der Waals surface area contributed by atoms with Gasteiger partial charge in [0.2, 0.25) is 0 Å². The lowest BCUT2D eigenvalue weighted by Crippen LogP contribution is -2.38. The molecule has 234 valence electrons. The van der Waals surface area contributed by atoms with Crippen LogP contribution in [0.25, 0.3) is 0 Å². The summed E-state index contributed by atoms with van der Waals surface area (Å²) < 4.78 is 6.45. The number of likely N-dealkylation sites (N-methyl/N-ethyl adjacent to an activating group) is 1. The minimum absolute atomic E-state index is 0.390. The number of rotatable bonds is 31. The zero-order valence-electron chi connectivity index (χ0n) is 27.4. The fourth-order valence-corrected chi connectivity index (χ4v) is 8.16. The van der Waals surface area contributed by atoms with Crippen molar-refractivity contribution in [3.63, 3.8) is 0 Å². The Morgan fingerprint density at radius 1 is 0.667 bits per heavy atom. The van der Waals surface area contributed by atoms with E-state index in [9.17, 15) is 4.79 Å². The van der Waals surface area contributed by atoms with Crippen molar-refractivity contribution in [2.45, 2.75) is 193 Å². The van der Waals surface area contributed by atoms with E-state index < -0.39 is 8.32 Å². The Hall–Kier alpha value is 0.157. The number of thioether (sulfide) groups is 1. The Morgan fingerprint density at radius 2 is 1.10 bits per heavy atom. The van der Waals surface area contributed by atoms with Crippen molar-refractivity contribution in [1.29, 1.82) is 0 Å². The van der Waals surface area contributed by atoms with Crippen LogP contribution in [0.1, 0.15) is 168 Å². The zero-order chi connectivity index (χ0) is 28.9. The van der Waals surface area contributed by atoms with Crippen LogP contribution in [0.3, 0.4) is 0 Å². The zero-order valence-corrected chi connectivity index (χ0v) is 29.2. The Balaban J connectivity index is 3.60. The standard InChI is InChI=1S/C34H71NO2SSi/c1-6-8-10-12-13-14-15-16-17-18-19-20-21-22-24-25-28-33(35-3)32-37-39(4,5)31-27-30-38-34(36)29-26-23-11-9-7-2/h33,35H,6-32H2,1-5H3. The molecule has 0 amide bonds. The third kappa shape index (κ3) is 29.4. The highest BCUT2D eigenvalue weighted by atomic mass is 32.2. The SMILES string of the molecule is CCCCCCCCCCCCCCCCCCC(CO[Si](C)(C)CCCSC(=O)CCCCCCC)NC. The molecule has 3 nitrogen and oxygen atoms in total. The molecular weight excluding hydrogens is 515 g/mol. The molecule has 0 aromatic carbocycles. The fraction of sp³-hybridized carbons (Fsp3) is 0.971. The Labute approximate surface area is 251 Å².